The molecule has 0 aliphatic heterocycles. The molecule has 2 aromatic carbocycles. The van der Waals surface area contributed by atoms with Gasteiger partial charge in [-0.1, -0.05) is 12.1 Å². The Bertz CT molecular complexity index is 761. The highest BCUT2D eigenvalue weighted by Gasteiger charge is 2.23. The average molecular weight is 374 g/mol. The fraction of sp³-hybridized carbons (Fsp3) is 0.333. The molecule has 0 fully saturated rings. The topological polar surface area (TPSA) is 77.4 Å². The lowest BCUT2D eigenvalue weighted by molar-refractivity contribution is 0.0433. The van der Waals surface area contributed by atoms with E-state index in [0.717, 1.165) is 5.56 Å². The summed E-state index contributed by atoms with van der Waals surface area (Å²) >= 11 is 0. The van der Waals surface area contributed by atoms with Crippen LogP contribution in [0.1, 0.15) is 24.2 Å². The molecule has 0 unspecified atom stereocenters. The molecule has 0 saturated heterocycles. The lowest BCUT2D eigenvalue weighted by Crippen LogP contribution is -2.22. The van der Waals surface area contributed by atoms with Crippen molar-refractivity contribution < 1.29 is 29.2 Å². The first-order valence-corrected chi connectivity index (χ1v) is 8.52. The van der Waals surface area contributed by atoms with Crippen molar-refractivity contribution in [1.29, 1.82) is 0 Å². The number of aliphatic hydroxyl groups is 1. The molecule has 6 nitrogen and oxygen atoms in total. The van der Waals surface area contributed by atoms with Crippen molar-refractivity contribution in [2.45, 2.75) is 25.6 Å². The number of aliphatic hydroxyl groups excluding tert-OH is 1. The van der Waals surface area contributed by atoms with Crippen LogP contribution >= 0.6 is 0 Å². The predicted octanol–water partition coefficient (Wildman–Crippen LogP) is 3.65. The second kappa shape index (κ2) is 9.19. The minimum atomic E-state index is -0.957. The maximum Gasteiger partial charge on any atom is 0.203 e. The summed E-state index contributed by atoms with van der Waals surface area (Å²) < 4.78 is 22.0. The molecule has 0 aliphatic carbocycles. The second-order valence-corrected chi connectivity index (χ2v) is 6.02. The van der Waals surface area contributed by atoms with Crippen molar-refractivity contribution in [3.63, 3.8) is 0 Å². The molecule has 27 heavy (non-hydrogen) atoms. The van der Waals surface area contributed by atoms with Gasteiger partial charge in [0, 0.05) is 0 Å². The lowest BCUT2D eigenvalue weighted by Gasteiger charge is -2.24. The van der Waals surface area contributed by atoms with E-state index in [1.165, 1.54) is 13.2 Å². The molecule has 146 valence electrons. The van der Waals surface area contributed by atoms with Crippen LogP contribution in [0.3, 0.4) is 0 Å². The minimum absolute atomic E-state index is 0.00293. The number of allylic oxidation sites excluding steroid dienone is 1. The van der Waals surface area contributed by atoms with E-state index < -0.39 is 12.2 Å². The number of rotatable bonds is 9. The number of methoxy groups -OCH3 is 3. The van der Waals surface area contributed by atoms with Crippen molar-refractivity contribution in [3.8, 4) is 28.7 Å². The van der Waals surface area contributed by atoms with E-state index in [1.807, 2.05) is 12.1 Å². The van der Waals surface area contributed by atoms with Crippen molar-refractivity contribution in [2.75, 3.05) is 21.3 Å². The van der Waals surface area contributed by atoms with Crippen molar-refractivity contribution in [3.05, 3.63) is 54.1 Å². The number of ether oxygens (including phenoxy) is 4. The summed E-state index contributed by atoms with van der Waals surface area (Å²) in [7, 11) is 4.54. The van der Waals surface area contributed by atoms with Gasteiger partial charge in [-0.25, -0.2) is 0 Å². The van der Waals surface area contributed by atoms with Gasteiger partial charge in [-0.05, 0) is 48.7 Å². The fourth-order valence-electron chi connectivity index (χ4n) is 2.73. The zero-order chi connectivity index (χ0) is 20.0. The number of hydrogen-bond acceptors (Lipinski definition) is 6. The summed E-state index contributed by atoms with van der Waals surface area (Å²) in [6.07, 6.45) is 0.881. The van der Waals surface area contributed by atoms with E-state index in [4.69, 9.17) is 18.9 Å². The summed E-state index contributed by atoms with van der Waals surface area (Å²) in [6.45, 7) is 5.48. The van der Waals surface area contributed by atoms with Gasteiger partial charge in [0.25, 0.3) is 0 Å². The maximum absolute atomic E-state index is 10.7. The first-order valence-electron chi connectivity index (χ1n) is 8.52. The maximum atomic E-state index is 10.7. The van der Waals surface area contributed by atoms with Gasteiger partial charge in [-0.3, -0.25) is 0 Å². The Morgan fingerprint density at radius 1 is 1.00 bits per heavy atom. The van der Waals surface area contributed by atoms with Gasteiger partial charge >= 0.3 is 0 Å². The Labute approximate surface area is 159 Å². The number of benzene rings is 2. The quantitative estimate of drug-likeness (QED) is 0.653. The summed E-state index contributed by atoms with van der Waals surface area (Å²) in [5, 5.41) is 20.4. The fourth-order valence-corrected chi connectivity index (χ4v) is 2.73. The van der Waals surface area contributed by atoms with Crippen molar-refractivity contribution in [2.24, 2.45) is 0 Å². The molecule has 0 aromatic heterocycles. The monoisotopic (exact) mass is 374 g/mol. The van der Waals surface area contributed by atoms with Crippen LogP contribution in [0.5, 0.6) is 28.7 Å². The van der Waals surface area contributed by atoms with E-state index >= 15 is 0 Å². The largest absolute Gasteiger partial charge is 0.504 e. The molecule has 0 amide bonds. The number of hydrogen-bond donors (Lipinski definition) is 2. The first kappa shape index (κ1) is 20.5. The number of aromatic hydroxyl groups is 1. The zero-order valence-electron chi connectivity index (χ0n) is 16.1. The highest BCUT2D eigenvalue weighted by Crippen LogP contribution is 2.41. The van der Waals surface area contributed by atoms with Crippen LogP contribution in [-0.4, -0.2) is 37.6 Å². The van der Waals surface area contributed by atoms with Gasteiger partial charge in [0.15, 0.2) is 23.0 Å². The molecule has 0 heterocycles. The Kier molecular flexibility index (Phi) is 6.96. The van der Waals surface area contributed by atoms with E-state index in [-0.39, 0.29) is 11.5 Å². The summed E-state index contributed by atoms with van der Waals surface area (Å²) in [6, 6.07) is 8.35. The van der Waals surface area contributed by atoms with Gasteiger partial charge in [0.1, 0.15) is 12.2 Å². The predicted molar refractivity (Wildman–Crippen MR) is 103 cm³/mol. The van der Waals surface area contributed by atoms with E-state index in [9.17, 15) is 10.2 Å². The normalized spacial score (nSPS) is 12.8. The molecule has 0 aliphatic rings. The van der Waals surface area contributed by atoms with Crippen molar-refractivity contribution in [1.82, 2.24) is 0 Å². The summed E-state index contributed by atoms with van der Waals surface area (Å²) in [5.41, 5.74) is 1.53. The molecule has 2 rings (SSSR count). The van der Waals surface area contributed by atoms with E-state index in [1.54, 1.807) is 39.4 Å². The highest BCUT2D eigenvalue weighted by molar-refractivity contribution is 5.54. The number of phenolic OH excluding ortho intramolecular Hbond substituents is 1. The van der Waals surface area contributed by atoms with Crippen molar-refractivity contribution >= 4 is 0 Å². The van der Waals surface area contributed by atoms with E-state index in [2.05, 4.69) is 6.58 Å². The molecule has 6 heteroatoms. The molecule has 0 bridgehead atoms. The number of phenols is 1. The average Bonchev–Trinajstić information content (AvgIpc) is 2.68. The Morgan fingerprint density at radius 3 is 2.11 bits per heavy atom. The van der Waals surface area contributed by atoms with Gasteiger partial charge in [-0.15, -0.1) is 6.58 Å². The molecule has 2 N–H and O–H groups in total. The molecule has 0 spiro atoms. The third-order valence-electron chi connectivity index (χ3n) is 4.19. The Balaban J connectivity index is 2.30. The first-order chi connectivity index (χ1) is 12.9. The minimum Gasteiger partial charge on any atom is -0.504 e. The highest BCUT2D eigenvalue weighted by atomic mass is 16.5. The smallest absolute Gasteiger partial charge is 0.203 e. The summed E-state index contributed by atoms with van der Waals surface area (Å²) in [4.78, 5) is 0. The second-order valence-electron chi connectivity index (χ2n) is 6.02. The van der Waals surface area contributed by atoms with E-state index in [0.29, 0.717) is 29.2 Å². The molecular weight excluding hydrogens is 348 g/mol. The van der Waals surface area contributed by atoms with Crippen LogP contribution in [-0.2, 0) is 6.42 Å². The Morgan fingerprint density at radius 2 is 1.59 bits per heavy atom. The zero-order valence-corrected chi connectivity index (χ0v) is 16.1. The van der Waals surface area contributed by atoms with Gasteiger partial charge in [-0.2, -0.15) is 0 Å². The summed E-state index contributed by atoms with van der Waals surface area (Å²) in [5.74, 6) is 1.71. The lowest BCUT2D eigenvalue weighted by atomic mass is 10.0. The molecular formula is C21H26O6. The van der Waals surface area contributed by atoms with Crippen LogP contribution in [0, 0.1) is 0 Å². The third kappa shape index (κ3) is 4.65. The molecule has 2 atom stereocenters. The molecule has 0 radical (unpaired) electrons. The SMILES string of the molecule is C=CCc1cc(OC)c(O[C@H](C)[C@H](O)c2ccc(O)c(OC)c2)c(OC)c1. The van der Waals surface area contributed by atoms with Crippen LogP contribution in [0.4, 0.5) is 0 Å². The van der Waals surface area contributed by atoms with Crippen LogP contribution in [0.25, 0.3) is 0 Å². The van der Waals surface area contributed by atoms with Crippen LogP contribution in [0.2, 0.25) is 0 Å². The molecule has 2 aromatic rings. The third-order valence-corrected chi connectivity index (χ3v) is 4.19. The van der Waals surface area contributed by atoms with Gasteiger partial charge in [0.05, 0.1) is 21.3 Å². The van der Waals surface area contributed by atoms with Gasteiger partial charge < -0.3 is 29.2 Å². The Hall–Kier alpha value is -2.86. The van der Waals surface area contributed by atoms with Crippen LogP contribution in [0.15, 0.2) is 43.0 Å². The molecule has 0 saturated carbocycles. The van der Waals surface area contributed by atoms with Gasteiger partial charge in [0.2, 0.25) is 5.75 Å². The standard InChI is InChI=1S/C21H26O6/c1-6-7-14-10-18(25-4)21(19(11-14)26-5)27-13(2)20(23)15-8-9-16(22)17(12-15)24-3/h6,8-13,20,22-23H,1,7H2,2-5H3/t13-,20+/m1/s1. The van der Waals surface area contributed by atoms with Crippen LogP contribution < -0.4 is 18.9 Å².